The average Bonchev–Trinajstić information content (AvgIpc) is 2.57. The summed E-state index contributed by atoms with van der Waals surface area (Å²) < 4.78 is 9.81. The lowest BCUT2D eigenvalue weighted by molar-refractivity contribution is 0.138. The molecule has 2 aliphatic rings. The molecular formula is C21H26NO2S+. The fourth-order valence-corrected chi connectivity index (χ4v) is 4.92. The van der Waals surface area contributed by atoms with Crippen LogP contribution in [0.3, 0.4) is 0 Å². The first-order valence-corrected chi connectivity index (χ1v) is 10.5. The third kappa shape index (κ3) is 2.72. The highest BCUT2D eigenvalue weighted by Crippen LogP contribution is 2.53. The Hall–Kier alpha value is -1.65. The van der Waals surface area contributed by atoms with E-state index in [4.69, 9.17) is 0 Å². The maximum Gasteiger partial charge on any atom is 0.189 e. The Morgan fingerprint density at radius 2 is 1.76 bits per heavy atom. The van der Waals surface area contributed by atoms with Crippen molar-refractivity contribution in [2.45, 2.75) is 44.4 Å². The zero-order chi connectivity index (χ0) is 17.8. The van der Waals surface area contributed by atoms with Gasteiger partial charge in [0.15, 0.2) is 16.1 Å². The maximum absolute atomic E-state index is 10.3. The standard InChI is InChI=1S/C21H25NO2S/c1-14-15(2)20-16(11-19(14)23)12-21(9-4-10-21)13-22(20)17-5-7-18(8-6-17)25(3)24/h5-8,11,24H,4,9-10,12-13H2,1-3H3/p+1. The number of anilines is 2. The van der Waals surface area contributed by atoms with E-state index in [0.717, 1.165) is 23.4 Å². The molecule has 3 nitrogen and oxygen atoms in total. The van der Waals surface area contributed by atoms with E-state index < -0.39 is 11.2 Å². The van der Waals surface area contributed by atoms with Gasteiger partial charge in [-0.3, -0.25) is 0 Å². The third-order valence-electron chi connectivity index (χ3n) is 6.15. The molecule has 1 saturated carbocycles. The van der Waals surface area contributed by atoms with Gasteiger partial charge in [-0.2, -0.15) is 4.55 Å². The second-order valence-corrected chi connectivity index (χ2v) is 9.17. The molecule has 0 radical (unpaired) electrons. The van der Waals surface area contributed by atoms with Gasteiger partial charge < -0.3 is 10.0 Å². The number of nitrogens with zero attached hydrogens (tertiary/aromatic N) is 1. The van der Waals surface area contributed by atoms with Gasteiger partial charge in [-0.05, 0) is 85.5 Å². The van der Waals surface area contributed by atoms with Crippen LogP contribution in [0.4, 0.5) is 11.4 Å². The normalized spacial score (nSPS) is 19.4. The van der Waals surface area contributed by atoms with E-state index in [1.807, 2.05) is 31.4 Å². The second kappa shape index (κ2) is 5.96. The van der Waals surface area contributed by atoms with E-state index >= 15 is 0 Å². The van der Waals surface area contributed by atoms with Gasteiger partial charge in [-0.15, -0.1) is 0 Å². The van der Waals surface area contributed by atoms with Crippen LogP contribution in [0.1, 0.15) is 36.0 Å². The molecule has 1 atom stereocenters. The van der Waals surface area contributed by atoms with Crippen molar-refractivity contribution in [3.63, 3.8) is 0 Å². The number of fused-ring (bicyclic) bond motifs is 1. The SMILES string of the molecule is Cc1c(O)cc2c(c1C)N(c1ccc([S+](C)O)cc1)CC1(CCC1)C2. The van der Waals surface area contributed by atoms with E-state index in [2.05, 4.69) is 24.0 Å². The molecule has 2 N–H and O–H groups in total. The Labute approximate surface area is 152 Å². The molecule has 1 fully saturated rings. The van der Waals surface area contributed by atoms with Crippen LogP contribution in [0, 0.1) is 19.3 Å². The highest BCUT2D eigenvalue weighted by atomic mass is 32.2. The van der Waals surface area contributed by atoms with Gasteiger partial charge in [-0.1, -0.05) is 6.42 Å². The van der Waals surface area contributed by atoms with Gasteiger partial charge in [0, 0.05) is 17.9 Å². The molecule has 0 bridgehead atoms. The van der Waals surface area contributed by atoms with Crippen LogP contribution < -0.4 is 4.90 Å². The first-order chi connectivity index (χ1) is 11.9. The minimum Gasteiger partial charge on any atom is -0.508 e. The topological polar surface area (TPSA) is 43.7 Å². The van der Waals surface area contributed by atoms with Crippen LogP contribution in [-0.2, 0) is 17.6 Å². The maximum atomic E-state index is 10.3. The molecule has 0 amide bonds. The Morgan fingerprint density at radius 3 is 2.32 bits per heavy atom. The molecular weight excluding hydrogens is 330 g/mol. The van der Waals surface area contributed by atoms with E-state index in [0.29, 0.717) is 11.2 Å². The van der Waals surface area contributed by atoms with Crippen molar-refractivity contribution in [2.24, 2.45) is 5.41 Å². The molecule has 0 aromatic heterocycles. The predicted molar refractivity (Wildman–Crippen MR) is 105 cm³/mol. The van der Waals surface area contributed by atoms with Crippen LogP contribution in [0.2, 0.25) is 0 Å². The molecule has 1 spiro atoms. The largest absolute Gasteiger partial charge is 0.508 e. The van der Waals surface area contributed by atoms with Crippen molar-refractivity contribution >= 4 is 22.6 Å². The Morgan fingerprint density at radius 1 is 1.08 bits per heavy atom. The summed E-state index contributed by atoms with van der Waals surface area (Å²) in [4.78, 5) is 3.41. The van der Waals surface area contributed by atoms with Crippen LogP contribution in [0.15, 0.2) is 35.2 Å². The monoisotopic (exact) mass is 356 g/mol. The van der Waals surface area contributed by atoms with Gasteiger partial charge in [0.25, 0.3) is 0 Å². The smallest absolute Gasteiger partial charge is 0.189 e. The van der Waals surface area contributed by atoms with Crippen LogP contribution in [0.5, 0.6) is 5.75 Å². The van der Waals surface area contributed by atoms with Gasteiger partial charge in [-0.25, -0.2) is 0 Å². The van der Waals surface area contributed by atoms with Gasteiger partial charge >= 0.3 is 0 Å². The molecule has 2 aromatic carbocycles. The summed E-state index contributed by atoms with van der Waals surface area (Å²) in [6.45, 7) is 5.15. The van der Waals surface area contributed by atoms with E-state index in [1.165, 1.54) is 41.8 Å². The zero-order valence-corrected chi connectivity index (χ0v) is 16.0. The fraction of sp³-hybridized carbons (Fsp3) is 0.429. The minimum absolute atomic E-state index is 0.353. The van der Waals surface area contributed by atoms with Crippen molar-refractivity contribution in [1.82, 2.24) is 0 Å². The highest BCUT2D eigenvalue weighted by Gasteiger charge is 2.43. The molecule has 1 unspecified atom stereocenters. The Bertz CT molecular complexity index is 810. The van der Waals surface area contributed by atoms with Crippen molar-refractivity contribution in [3.8, 4) is 5.75 Å². The Kier molecular flexibility index (Phi) is 4.00. The molecule has 1 aliphatic heterocycles. The van der Waals surface area contributed by atoms with E-state index in [9.17, 15) is 9.66 Å². The van der Waals surface area contributed by atoms with Gasteiger partial charge in [0.1, 0.15) is 12.0 Å². The first kappa shape index (κ1) is 16.8. The van der Waals surface area contributed by atoms with Gasteiger partial charge in [0.2, 0.25) is 0 Å². The lowest BCUT2D eigenvalue weighted by Crippen LogP contribution is -2.46. The molecule has 1 heterocycles. The molecule has 25 heavy (non-hydrogen) atoms. The number of phenols is 1. The number of benzene rings is 2. The Balaban J connectivity index is 1.83. The summed E-state index contributed by atoms with van der Waals surface area (Å²) in [6.07, 6.45) is 6.74. The molecule has 132 valence electrons. The molecule has 2 aromatic rings. The minimum atomic E-state index is -0.706. The predicted octanol–water partition coefficient (Wildman–Crippen LogP) is 4.95. The van der Waals surface area contributed by atoms with E-state index in [1.54, 1.807) is 0 Å². The second-order valence-electron chi connectivity index (χ2n) is 7.74. The lowest BCUT2D eigenvalue weighted by atomic mass is 9.63. The summed E-state index contributed by atoms with van der Waals surface area (Å²) in [5, 5.41) is 10.3. The summed E-state index contributed by atoms with van der Waals surface area (Å²) in [7, 11) is 0. The number of hydrogen-bond donors (Lipinski definition) is 2. The summed E-state index contributed by atoms with van der Waals surface area (Å²) in [5.41, 5.74) is 6.20. The summed E-state index contributed by atoms with van der Waals surface area (Å²) >= 11 is -0.706. The molecule has 4 heteroatoms. The highest BCUT2D eigenvalue weighted by molar-refractivity contribution is 7.90. The quantitative estimate of drug-likeness (QED) is 0.748. The molecule has 0 saturated heterocycles. The molecule has 4 rings (SSSR count). The first-order valence-electron chi connectivity index (χ1n) is 8.95. The van der Waals surface area contributed by atoms with Crippen LogP contribution in [0.25, 0.3) is 0 Å². The summed E-state index contributed by atoms with van der Waals surface area (Å²) in [5.74, 6) is 0.415. The van der Waals surface area contributed by atoms with Crippen molar-refractivity contribution in [2.75, 3.05) is 17.7 Å². The fourth-order valence-electron chi connectivity index (χ4n) is 4.39. The lowest BCUT2D eigenvalue weighted by Gasteiger charge is -2.50. The van der Waals surface area contributed by atoms with Crippen molar-refractivity contribution in [1.29, 1.82) is 0 Å². The number of hydrogen-bond acceptors (Lipinski definition) is 3. The van der Waals surface area contributed by atoms with E-state index in [-0.39, 0.29) is 0 Å². The summed E-state index contributed by atoms with van der Waals surface area (Å²) in [6, 6.07) is 10.3. The molecule has 1 aliphatic carbocycles. The van der Waals surface area contributed by atoms with Crippen LogP contribution in [-0.4, -0.2) is 22.5 Å². The van der Waals surface area contributed by atoms with Crippen molar-refractivity contribution < 1.29 is 9.66 Å². The number of phenolic OH excluding ortho intramolecular Hbond substituents is 1. The number of aromatic hydroxyl groups is 1. The third-order valence-corrected chi connectivity index (χ3v) is 7.10. The zero-order valence-electron chi connectivity index (χ0n) is 15.2. The van der Waals surface area contributed by atoms with Gasteiger partial charge in [0.05, 0.1) is 0 Å². The van der Waals surface area contributed by atoms with Crippen LogP contribution >= 0.6 is 0 Å². The number of rotatable bonds is 2. The average molecular weight is 357 g/mol. The van der Waals surface area contributed by atoms with Crippen molar-refractivity contribution in [3.05, 3.63) is 47.0 Å².